The Morgan fingerprint density at radius 1 is 0.879 bits per heavy atom. The summed E-state index contributed by atoms with van der Waals surface area (Å²) in [6.07, 6.45) is 8.97. The average Bonchev–Trinajstić information content (AvgIpc) is 3.39. The maximum Gasteiger partial charge on any atom is 0.344 e. The van der Waals surface area contributed by atoms with Crippen molar-refractivity contribution in [1.29, 1.82) is 0 Å². The van der Waals surface area contributed by atoms with Gasteiger partial charge in [0, 0.05) is 19.3 Å². The van der Waals surface area contributed by atoms with Crippen LogP contribution in [0.2, 0.25) is 0 Å². The minimum Gasteiger partial charge on any atom is -0.456 e. The van der Waals surface area contributed by atoms with Gasteiger partial charge in [-0.2, -0.15) is 0 Å². The van der Waals surface area contributed by atoms with Crippen LogP contribution in [0.1, 0.15) is 84.5 Å². The third kappa shape index (κ3) is 3.49. The molecular formula is C27H40O6. The SMILES string of the molecule is CCC1CC(CC)C2C3CC(CC3C(=O)OCC(=O)OC34CC5CC(O)(CC(O)(C5)C3)C4)C12. The lowest BCUT2D eigenvalue weighted by Gasteiger charge is -2.62. The fraction of sp³-hybridized carbons (Fsp3) is 0.926. The molecule has 9 unspecified atom stereocenters. The van der Waals surface area contributed by atoms with E-state index in [4.69, 9.17) is 9.47 Å². The first-order chi connectivity index (χ1) is 15.7. The Kier molecular flexibility index (Phi) is 5.03. The number of rotatable bonds is 6. The van der Waals surface area contributed by atoms with Crippen LogP contribution in [0.4, 0.5) is 0 Å². The smallest absolute Gasteiger partial charge is 0.344 e. The van der Waals surface area contributed by atoms with Crippen LogP contribution in [-0.2, 0) is 19.1 Å². The minimum absolute atomic E-state index is 0.0744. The van der Waals surface area contributed by atoms with Crippen LogP contribution in [0.3, 0.4) is 0 Å². The van der Waals surface area contributed by atoms with Gasteiger partial charge in [0.1, 0.15) is 5.60 Å². The molecular weight excluding hydrogens is 420 g/mol. The number of carbonyl (C=O) groups is 2. The number of hydrogen-bond donors (Lipinski definition) is 2. The lowest BCUT2D eigenvalue weighted by molar-refractivity contribution is -0.262. The van der Waals surface area contributed by atoms with E-state index in [1.165, 1.54) is 19.3 Å². The molecule has 6 bridgehead atoms. The van der Waals surface area contributed by atoms with Crippen molar-refractivity contribution in [2.24, 2.45) is 47.3 Å². The molecule has 0 saturated heterocycles. The molecule has 6 nitrogen and oxygen atoms in total. The third-order valence-electron chi connectivity index (χ3n) is 10.8. The Morgan fingerprint density at radius 3 is 2.18 bits per heavy atom. The molecule has 0 aromatic carbocycles. The zero-order valence-corrected chi connectivity index (χ0v) is 20.1. The van der Waals surface area contributed by atoms with Gasteiger partial charge >= 0.3 is 11.9 Å². The van der Waals surface area contributed by atoms with Crippen LogP contribution in [0.15, 0.2) is 0 Å². The third-order valence-corrected chi connectivity index (χ3v) is 10.8. The molecule has 184 valence electrons. The van der Waals surface area contributed by atoms with Crippen molar-refractivity contribution in [3.8, 4) is 0 Å². The van der Waals surface area contributed by atoms with Crippen molar-refractivity contribution in [1.82, 2.24) is 0 Å². The van der Waals surface area contributed by atoms with E-state index in [1.54, 1.807) is 0 Å². The molecule has 7 fully saturated rings. The highest BCUT2D eigenvalue weighted by Crippen LogP contribution is 2.66. The summed E-state index contributed by atoms with van der Waals surface area (Å²) in [5, 5.41) is 21.8. The molecule has 6 heteroatoms. The van der Waals surface area contributed by atoms with Crippen molar-refractivity contribution in [3.63, 3.8) is 0 Å². The molecule has 7 aliphatic rings. The predicted octanol–water partition coefficient (Wildman–Crippen LogP) is 3.62. The summed E-state index contributed by atoms with van der Waals surface area (Å²) < 4.78 is 11.4. The highest BCUT2D eigenvalue weighted by Gasteiger charge is 2.65. The highest BCUT2D eigenvalue weighted by atomic mass is 16.6. The summed E-state index contributed by atoms with van der Waals surface area (Å²) in [5.41, 5.74) is -2.71. The first-order valence-electron chi connectivity index (χ1n) is 13.5. The summed E-state index contributed by atoms with van der Waals surface area (Å²) in [4.78, 5) is 25.7. The minimum atomic E-state index is -0.946. The number of carbonyl (C=O) groups excluding carboxylic acids is 2. The van der Waals surface area contributed by atoms with E-state index >= 15 is 0 Å². The second-order valence-electron chi connectivity index (χ2n) is 13.0. The van der Waals surface area contributed by atoms with Gasteiger partial charge in [-0.05, 0) is 80.0 Å². The van der Waals surface area contributed by atoms with E-state index in [0.717, 1.165) is 30.6 Å². The molecule has 33 heavy (non-hydrogen) atoms. The standard InChI is InChI=1S/C27H40O6/c1-3-16-5-17(4-2)23-19-6-18(22(16)23)7-20(19)24(29)32-11-21(28)33-27-10-15-8-25(30,13-27)12-26(31,9-15)14-27/h15-20,22-23,30-31H,3-14H2,1-2H3. The van der Waals surface area contributed by atoms with Crippen molar-refractivity contribution >= 4 is 11.9 Å². The Hall–Kier alpha value is -1.14. The zero-order chi connectivity index (χ0) is 23.2. The molecule has 0 heterocycles. The molecule has 0 aromatic rings. The molecule has 0 aromatic heterocycles. The van der Waals surface area contributed by atoms with Gasteiger partial charge < -0.3 is 19.7 Å². The summed E-state index contributed by atoms with van der Waals surface area (Å²) in [7, 11) is 0. The van der Waals surface area contributed by atoms with Gasteiger partial charge in [-0.3, -0.25) is 4.79 Å². The molecule has 7 aliphatic carbocycles. The summed E-state index contributed by atoms with van der Waals surface area (Å²) in [6.45, 7) is 4.23. The van der Waals surface area contributed by atoms with Gasteiger partial charge in [-0.25, -0.2) is 4.79 Å². The second kappa shape index (κ2) is 7.43. The van der Waals surface area contributed by atoms with Gasteiger partial charge in [0.2, 0.25) is 0 Å². The van der Waals surface area contributed by atoms with E-state index in [-0.39, 0.29) is 24.4 Å². The largest absolute Gasteiger partial charge is 0.456 e. The monoisotopic (exact) mass is 460 g/mol. The van der Waals surface area contributed by atoms with E-state index in [2.05, 4.69) is 13.8 Å². The number of hydrogen-bond acceptors (Lipinski definition) is 6. The van der Waals surface area contributed by atoms with Gasteiger partial charge in [0.15, 0.2) is 6.61 Å². The fourth-order valence-corrected chi connectivity index (χ4v) is 10.5. The van der Waals surface area contributed by atoms with Crippen molar-refractivity contribution in [2.75, 3.05) is 6.61 Å². The number of fused-ring (bicyclic) bond motifs is 5. The Labute approximate surface area is 196 Å². The summed E-state index contributed by atoms with van der Waals surface area (Å²) in [6, 6.07) is 0. The van der Waals surface area contributed by atoms with E-state index < -0.39 is 22.8 Å². The molecule has 7 rings (SSSR count). The number of esters is 2. The van der Waals surface area contributed by atoms with Crippen molar-refractivity contribution in [3.05, 3.63) is 0 Å². The summed E-state index contributed by atoms with van der Waals surface area (Å²) in [5.74, 6) is 3.36. The lowest BCUT2D eigenvalue weighted by atomic mass is 9.50. The van der Waals surface area contributed by atoms with Crippen LogP contribution in [0, 0.1) is 47.3 Å². The van der Waals surface area contributed by atoms with Crippen LogP contribution >= 0.6 is 0 Å². The molecule has 2 N–H and O–H groups in total. The molecule has 9 atom stereocenters. The van der Waals surface area contributed by atoms with Crippen LogP contribution in [0.5, 0.6) is 0 Å². The number of ether oxygens (including phenoxy) is 2. The normalized spacial score (nSPS) is 53.3. The number of aliphatic hydroxyl groups is 2. The predicted molar refractivity (Wildman–Crippen MR) is 120 cm³/mol. The maximum atomic E-state index is 13.0. The quantitative estimate of drug-likeness (QED) is 0.588. The van der Waals surface area contributed by atoms with Gasteiger partial charge in [0.25, 0.3) is 0 Å². The van der Waals surface area contributed by atoms with Crippen molar-refractivity contribution in [2.45, 2.75) is 101 Å². The van der Waals surface area contributed by atoms with Gasteiger partial charge in [-0.15, -0.1) is 0 Å². The Bertz CT molecular complexity index is 820. The highest BCUT2D eigenvalue weighted by molar-refractivity contribution is 5.78. The first-order valence-corrected chi connectivity index (χ1v) is 13.5. The van der Waals surface area contributed by atoms with E-state index in [9.17, 15) is 19.8 Å². The van der Waals surface area contributed by atoms with E-state index in [0.29, 0.717) is 56.3 Å². The Balaban J connectivity index is 1.07. The molecule has 0 amide bonds. The zero-order valence-electron chi connectivity index (χ0n) is 20.1. The van der Waals surface area contributed by atoms with Gasteiger partial charge in [-0.1, -0.05) is 26.7 Å². The van der Waals surface area contributed by atoms with Crippen molar-refractivity contribution < 1.29 is 29.3 Å². The molecule has 0 radical (unpaired) electrons. The fourth-order valence-electron chi connectivity index (χ4n) is 10.5. The Morgan fingerprint density at radius 2 is 1.55 bits per heavy atom. The topological polar surface area (TPSA) is 93.1 Å². The average molecular weight is 461 g/mol. The maximum absolute atomic E-state index is 13.0. The molecule has 0 aliphatic heterocycles. The molecule has 0 spiro atoms. The second-order valence-corrected chi connectivity index (χ2v) is 13.0. The van der Waals surface area contributed by atoms with Crippen LogP contribution < -0.4 is 0 Å². The first kappa shape index (κ1) is 22.3. The lowest BCUT2D eigenvalue weighted by Crippen LogP contribution is -2.67. The van der Waals surface area contributed by atoms with Crippen LogP contribution in [0.25, 0.3) is 0 Å². The van der Waals surface area contributed by atoms with Gasteiger partial charge in [0.05, 0.1) is 17.1 Å². The van der Waals surface area contributed by atoms with E-state index in [1.807, 2.05) is 0 Å². The molecule has 7 saturated carbocycles. The van der Waals surface area contributed by atoms with Crippen LogP contribution in [-0.4, -0.2) is 45.6 Å². The summed E-state index contributed by atoms with van der Waals surface area (Å²) >= 11 is 0.